The topological polar surface area (TPSA) is 278 Å². The molecule has 7 rings (SSSR count). The van der Waals surface area contributed by atoms with Gasteiger partial charge in [0.25, 0.3) is 11.4 Å². The van der Waals surface area contributed by atoms with Crippen molar-refractivity contribution in [3.05, 3.63) is 198 Å². The summed E-state index contributed by atoms with van der Waals surface area (Å²) in [7, 11) is 0. The lowest BCUT2D eigenvalue weighted by molar-refractivity contribution is -0.385. The molecule has 6 aromatic rings. The molecule has 84 heavy (non-hydrogen) atoms. The van der Waals surface area contributed by atoms with E-state index < -0.39 is 60.2 Å². The van der Waals surface area contributed by atoms with E-state index in [2.05, 4.69) is 33.6 Å². The fourth-order valence-corrected chi connectivity index (χ4v) is 9.27. The summed E-state index contributed by atoms with van der Waals surface area (Å²) in [6, 6.07) is 25.4. The number of hydrogen-bond acceptors (Lipinski definition) is 20. The number of benzene rings is 6. The first kappa shape index (κ1) is 61.5. The maximum atomic E-state index is 13.3. The second kappa shape index (κ2) is 30.1. The Balaban J connectivity index is 1.60. The van der Waals surface area contributed by atoms with Gasteiger partial charge in [-0.3, -0.25) is 20.2 Å². The average molecular weight is 1150 g/mol. The van der Waals surface area contributed by atoms with Gasteiger partial charge < -0.3 is 37.9 Å². The minimum absolute atomic E-state index is 0.0167. The van der Waals surface area contributed by atoms with Gasteiger partial charge in [0.1, 0.15) is 23.0 Å². The van der Waals surface area contributed by atoms with Crippen LogP contribution in [0.1, 0.15) is 83.3 Å². The molecule has 436 valence electrons. The largest absolute Gasteiger partial charge is 0.481 e. The fraction of sp³-hybridized carbons (Fsp3) is 0.290. The third-order valence-corrected chi connectivity index (χ3v) is 12.6. The number of nitro groups is 2. The number of nitrogens with zero attached hydrogens (tertiary/aromatic N) is 6. The molecule has 22 heteroatoms. The smallest absolute Gasteiger partial charge is 0.344 e. The Morgan fingerprint density at radius 1 is 0.417 bits per heavy atom. The van der Waals surface area contributed by atoms with Crippen LogP contribution in [0, 0.1) is 20.2 Å². The lowest BCUT2D eigenvalue weighted by Crippen LogP contribution is -2.18. The number of rotatable bonds is 26. The molecule has 0 N–H and O–H groups in total. The molecular weight excluding hydrogens is 1080 g/mol. The summed E-state index contributed by atoms with van der Waals surface area (Å²) in [5, 5.41) is 41.2. The van der Waals surface area contributed by atoms with Crippen molar-refractivity contribution < 1.29 is 66.9 Å². The summed E-state index contributed by atoms with van der Waals surface area (Å²) in [5.41, 5.74) is 6.35. The predicted octanol–water partition coefficient (Wildman–Crippen LogP) is 12.2. The van der Waals surface area contributed by atoms with Crippen molar-refractivity contribution in [3.63, 3.8) is 0 Å². The Kier molecular flexibility index (Phi) is 22.0. The van der Waals surface area contributed by atoms with Gasteiger partial charge >= 0.3 is 23.9 Å². The van der Waals surface area contributed by atoms with Crippen LogP contribution in [0.5, 0.6) is 23.0 Å². The van der Waals surface area contributed by atoms with E-state index in [-0.39, 0.29) is 86.5 Å². The third-order valence-electron chi connectivity index (χ3n) is 12.6. The van der Waals surface area contributed by atoms with Crippen molar-refractivity contribution >= 4 is 58.0 Å². The van der Waals surface area contributed by atoms with E-state index >= 15 is 0 Å². The van der Waals surface area contributed by atoms with Gasteiger partial charge in [-0.2, -0.15) is 20.5 Å². The molecule has 0 aliphatic heterocycles. The van der Waals surface area contributed by atoms with E-state index in [1.165, 1.54) is 48.5 Å². The number of carbonyl (C=O) groups is 4. The van der Waals surface area contributed by atoms with E-state index in [0.29, 0.717) is 80.1 Å². The molecule has 0 unspecified atom stereocenters. The van der Waals surface area contributed by atoms with Gasteiger partial charge in [0.2, 0.25) is 0 Å². The van der Waals surface area contributed by atoms with E-state index in [1.54, 1.807) is 64.1 Å². The Labute approximate surface area is 484 Å². The highest BCUT2D eigenvalue weighted by atomic mass is 16.6. The van der Waals surface area contributed by atoms with Gasteiger partial charge in [-0.05, 0) is 122 Å². The molecule has 8 bridgehead atoms. The number of allylic oxidation sites excluding steroid dienone is 2. The van der Waals surface area contributed by atoms with E-state index in [0.717, 1.165) is 11.1 Å². The maximum absolute atomic E-state index is 13.3. The first-order chi connectivity index (χ1) is 40.6. The Hall–Kier alpha value is -10.1. The number of esters is 4. The van der Waals surface area contributed by atoms with Crippen molar-refractivity contribution in [2.45, 2.75) is 66.2 Å². The van der Waals surface area contributed by atoms with Crippen molar-refractivity contribution in [1.82, 2.24) is 0 Å². The number of hydrogen-bond donors (Lipinski definition) is 0. The van der Waals surface area contributed by atoms with E-state index in [9.17, 15) is 39.4 Å². The summed E-state index contributed by atoms with van der Waals surface area (Å²) in [4.78, 5) is 75.0. The van der Waals surface area contributed by atoms with Crippen molar-refractivity contribution in [2.75, 3.05) is 52.9 Å². The predicted molar refractivity (Wildman–Crippen MR) is 308 cm³/mol. The molecule has 0 atom stereocenters. The van der Waals surface area contributed by atoms with Gasteiger partial charge in [0.15, 0.2) is 26.4 Å². The first-order valence-corrected chi connectivity index (χ1v) is 26.9. The molecule has 0 heterocycles. The number of nitro benzene ring substituents is 2. The Morgan fingerprint density at radius 3 is 0.881 bits per heavy atom. The molecule has 22 nitrogen and oxygen atoms in total. The molecule has 0 fully saturated rings. The first-order valence-electron chi connectivity index (χ1n) is 26.9. The van der Waals surface area contributed by atoms with Gasteiger partial charge in [-0.15, -0.1) is 13.2 Å². The highest BCUT2D eigenvalue weighted by Crippen LogP contribution is 2.43. The van der Waals surface area contributed by atoms with Crippen LogP contribution in [0.3, 0.4) is 0 Å². The van der Waals surface area contributed by atoms with Crippen LogP contribution in [0.4, 0.5) is 34.1 Å². The normalized spacial score (nSPS) is 11.8. The molecule has 0 aromatic heterocycles. The SMILES string of the molecule is C=CCc1cc2c(OCC(=O)OCC)c(c1)Cc1cc(N=Nc3ccc([N+](=O)[O-])cc3)cc(c1OCC(=O)OCC)Cc1cc(CC=C)cc(c1OCC(=O)OCC)Cc1cc(N=Nc3ccc([N+](=O)[O-])cc3)cc(c1OCC(=O)OCC)C2. The number of non-ortho nitro benzene ring substituents is 2. The number of azo groups is 2. The summed E-state index contributed by atoms with van der Waals surface area (Å²) in [6.45, 7) is 12.9. The van der Waals surface area contributed by atoms with Crippen LogP contribution in [0.2, 0.25) is 0 Å². The molecule has 0 amide bonds. The number of ether oxygens (including phenoxy) is 8. The minimum atomic E-state index is -0.659. The van der Waals surface area contributed by atoms with Gasteiger partial charge in [0.05, 0.1) is 59.0 Å². The highest BCUT2D eigenvalue weighted by molar-refractivity contribution is 5.74. The lowest BCUT2D eigenvalue weighted by atomic mass is 9.88. The quantitative estimate of drug-likeness (QED) is 0.0122. The zero-order valence-electron chi connectivity index (χ0n) is 46.9. The molecule has 1 aliphatic carbocycles. The van der Waals surface area contributed by atoms with Gasteiger partial charge in [-0.1, -0.05) is 36.4 Å². The number of carbonyl (C=O) groups excluding carboxylic acids is 4. The maximum Gasteiger partial charge on any atom is 0.344 e. The molecular formula is C62H62N6O16. The standard InChI is InChI=1S/C62H62N6O16/c1-7-13-39-23-41-27-45-31-51(65-63-49-15-19-53(20-16-49)67(73)74)33-47(61(45)83-37-57(71)79-11-5)29-43-25-40(14-8-2)26-44(60(43)82-36-56(70)78-10-4)30-48-34-52(66-64-50-17-21-54(22-18-50)68(75)76)32-46(62(48)84-38-58(72)80-12-6)28-42(24-39)59(41)81-35-55(69)77-9-3/h7-8,15-26,31-34H,1-2,9-14,27-30,35-38H2,3-6H3. The summed E-state index contributed by atoms with van der Waals surface area (Å²) in [5.74, 6) is -1.64. The van der Waals surface area contributed by atoms with E-state index in [4.69, 9.17) is 37.9 Å². The fourth-order valence-electron chi connectivity index (χ4n) is 9.27. The average Bonchev–Trinajstić information content (AvgIpc) is 3.44. The lowest BCUT2D eigenvalue weighted by Gasteiger charge is -2.24. The summed E-state index contributed by atoms with van der Waals surface area (Å²) in [6.07, 6.45) is 4.09. The van der Waals surface area contributed by atoms with Crippen molar-refractivity contribution in [3.8, 4) is 23.0 Å². The second-order valence-corrected chi connectivity index (χ2v) is 18.7. The third kappa shape index (κ3) is 17.0. The molecule has 0 saturated heterocycles. The minimum Gasteiger partial charge on any atom is -0.481 e. The van der Waals surface area contributed by atoms with Gasteiger partial charge in [0, 0.05) is 72.2 Å². The van der Waals surface area contributed by atoms with E-state index in [1.807, 2.05) is 24.3 Å². The molecule has 6 aromatic carbocycles. The summed E-state index contributed by atoms with van der Waals surface area (Å²) < 4.78 is 47.5. The van der Waals surface area contributed by atoms with Crippen LogP contribution in [-0.2, 0) is 76.7 Å². The second-order valence-electron chi connectivity index (χ2n) is 18.7. The molecule has 0 radical (unpaired) electrons. The van der Waals surface area contributed by atoms with Crippen LogP contribution < -0.4 is 18.9 Å². The highest BCUT2D eigenvalue weighted by Gasteiger charge is 2.27. The van der Waals surface area contributed by atoms with Crippen LogP contribution in [-0.4, -0.2) is 86.6 Å². The zero-order valence-corrected chi connectivity index (χ0v) is 46.9. The monoisotopic (exact) mass is 1150 g/mol. The molecule has 0 spiro atoms. The molecule has 0 saturated carbocycles. The molecule has 1 aliphatic rings. The Morgan fingerprint density at radius 2 is 0.655 bits per heavy atom. The number of fused-ring (bicyclic) bond motifs is 8. The van der Waals surface area contributed by atoms with Crippen LogP contribution >= 0.6 is 0 Å². The Bertz CT molecular complexity index is 3160. The van der Waals surface area contributed by atoms with Crippen molar-refractivity contribution in [1.29, 1.82) is 0 Å². The van der Waals surface area contributed by atoms with Crippen LogP contribution in [0.25, 0.3) is 0 Å². The van der Waals surface area contributed by atoms with Crippen LogP contribution in [0.15, 0.2) is 143 Å². The van der Waals surface area contributed by atoms with Gasteiger partial charge in [-0.25, -0.2) is 19.2 Å². The van der Waals surface area contributed by atoms with Crippen molar-refractivity contribution in [2.24, 2.45) is 20.5 Å². The zero-order chi connectivity index (χ0) is 60.1. The summed E-state index contributed by atoms with van der Waals surface area (Å²) >= 11 is 0.